The fourth-order valence-electron chi connectivity index (χ4n) is 3.06. The molecular formula is C19H16Cl2F4N4O4. The molecule has 1 saturated heterocycles. The van der Waals surface area contributed by atoms with Crippen molar-refractivity contribution in [1.29, 1.82) is 0 Å². The van der Waals surface area contributed by atoms with Crippen LogP contribution in [0.4, 0.5) is 33.7 Å². The SMILES string of the molecule is CC1(C)C(=O)NCCN1C(=O)c1oc(C(F)(F)F)cc1NC(=O)Nc1ccc(F)c(Cl)c1Cl. The number of anilines is 2. The molecule has 2 heterocycles. The van der Waals surface area contributed by atoms with Crippen LogP contribution < -0.4 is 16.0 Å². The Morgan fingerprint density at radius 3 is 2.42 bits per heavy atom. The minimum absolute atomic E-state index is 0.00501. The molecule has 0 aliphatic carbocycles. The third-order valence-corrected chi connectivity index (χ3v) is 5.69. The van der Waals surface area contributed by atoms with Gasteiger partial charge in [0.1, 0.15) is 11.4 Å². The van der Waals surface area contributed by atoms with Crippen LogP contribution in [0.15, 0.2) is 22.6 Å². The molecule has 1 fully saturated rings. The summed E-state index contributed by atoms with van der Waals surface area (Å²) >= 11 is 11.5. The first-order valence-electron chi connectivity index (χ1n) is 9.26. The Hall–Kier alpha value is -2.99. The van der Waals surface area contributed by atoms with Gasteiger partial charge in [0.2, 0.25) is 17.4 Å². The molecule has 1 aliphatic heterocycles. The van der Waals surface area contributed by atoms with Crippen LogP contribution in [0, 0.1) is 5.82 Å². The van der Waals surface area contributed by atoms with Crippen molar-refractivity contribution >= 4 is 52.4 Å². The van der Waals surface area contributed by atoms with E-state index in [-0.39, 0.29) is 23.8 Å². The summed E-state index contributed by atoms with van der Waals surface area (Å²) in [5, 5.41) is 6.02. The molecule has 1 aromatic carbocycles. The summed E-state index contributed by atoms with van der Waals surface area (Å²) in [5.41, 5.74) is -2.13. The molecule has 3 rings (SSSR count). The van der Waals surface area contributed by atoms with E-state index in [1.807, 2.05) is 0 Å². The molecule has 14 heteroatoms. The topological polar surface area (TPSA) is 104 Å². The van der Waals surface area contributed by atoms with Crippen LogP contribution in [-0.4, -0.2) is 41.4 Å². The number of hydrogen-bond donors (Lipinski definition) is 3. The Kier molecular flexibility index (Phi) is 6.53. The van der Waals surface area contributed by atoms with E-state index in [1.54, 1.807) is 0 Å². The number of carbonyl (C=O) groups excluding carboxylic acids is 3. The maximum atomic E-state index is 13.4. The largest absolute Gasteiger partial charge is 0.449 e. The summed E-state index contributed by atoms with van der Waals surface area (Å²) in [6.45, 7) is 2.89. The summed E-state index contributed by atoms with van der Waals surface area (Å²) in [4.78, 5) is 38.6. The van der Waals surface area contributed by atoms with Gasteiger partial charge in [0.25, 0.3) is 5.91 Å². The number of carbonyl (C=O) groups is 3. The second-order valence-electron chi connectivity index (χ2n) is 7.42. The normalized spacial score (nSPS) is 15.8. The third kappa shape index (κ3) is 4.86. The number of nitrogens with zero attached hydrogens (tertiary/aromatic N) is 1. The first-order chi connectivity index (χ1) is 15.2. The Balaban J connectivity index is 1.92. The zero-order chi connectivity index (χ0) is 24.7. The highest BCUT2D eigenvalue weighted by Gasteiger charge is 2.44. The van der Waals surface area contributed by atoms with Gasteiger partial charge < -0.3 is 25.3 Å². The van der Waals surface area contributed by atoms with E-state index in [0.717, 1.165) is 17.0 Å². The Morgan fingerprint density at radius 2 is 1.79 bits per heavy atom. The third-order valence-electron chi connectivity index (χ3n) is 4.83. The fourth-order valence-corrected chi connectivity index (χ4v) is 3.42. The minimum atomic E-state index is -4.96. The molecule has 0 bridgehead atoms. The van der Waals surface area contributed by atoms with Gasteiger partial charge in [0.05, 0.1) is 21.4 Å². The lowest BCUT2D eigenvalue weighted by atomic mass is 9.98. The number of amides is 4. The van der Waals surface area contributed by atoms with Crippen LogP contribution in [0.25, 0.3) is 0 Å². The number of nitrogens with one attached hydrogen (secondary N) is 3. The van der Waals surface area contributed by atoms with E-state index < -0.39 is 57.6 Å². The molecule has 0 radical (unpaired) electrons. The van der Waals surface area contributed by atoms with Crippen LogP contribution in [-0.2, 0) is 11.0 Å². The van der Waals surface area contributed by atoms with Gasteiger partial charge in [-0.25, -0.2) is 9.18 Å². The number of rotatable bonds is 3. The molecule has 0 atom stereocenters. The van der Waals surface area contributed by atoms with Crippen LogP contribution >= 0.6 is 23.2 Å². The molecule has 0 spiro atoms. The zero-order valence-corrected chi connectivity index (χ0v) is 18.5. The first-order valence-corrected chi connectivity index (χ1v) is 10.0. The van der Waals surface area contributed by atoms with Crippen LogP contribution in [0.5, 0.6) is 0 Å². The van der Waals surface area contributed by atoms with Gasteiger partial charge in [-0.1, -0.05) is 23.2 Å². The lowest BCUT2D eigenvalue weighted by Gasteiger charge is -2.40. The molecule has 1 aromatic heterocycles. The van der Waals surface area contributed by atoms with E-state index in [1.165, 1.54) is 13.8 Å². The summed E-state index contributed by atoms with van der Waals surface area (Å²) in [6.07, 6.45) is -4.96. The predicted octanol–water partition coefficient (Wildman–Crippen LogP) is 4.74. The van der Waals surface area contributed by atoms with Crippen molar-refractivity contribution in [2.45, 2.75) is 25.6 Å². The number of halogens is 6. The van der Waals surface area contributed by atoms with Crippen LogP contribution in [0.2, 0.25) is 10.0 Å². The van der Waals surface area contributed by atoms with Crippen molar-refractivity contribution in [2.24, 2.45) is 0 Å². The summed E-state index contributed by atoms with van der Waals surface area (Å²) in [6, 6.07) is 1.32. The summed E-state index contributed by atoms with van der Waals surface area (Å²) in [7, 11) is 0. The van der Waals surface area contributed by atoms with Gasteiger partial charge >= 0.3 is 12.2 Å². The quantitative estimate of drug-likeness (QED) is 0.409. The predicted molar refractivity (Wildman–Crippen MR) is 111 cm³/mol. The van der Waals surface area contributed by atoms with Gasteiger partial charge in [-0.3, -0.25) is 9.59 Å². The average Bonchev–Trinajstić information content (AvgIpc) is 3.14. The summed E-state index contributed by atoms with van der Waals surface area (Å²) in [5.74, 6) is -4.77. The molecule has 2 aromatic rings. The van der Waals surface area contributed by atoms with Crippen molar-refractivity contribution in [2.75, 3.05) is 23.7 Å². The van der Waals surface area contributed by atoms with Gasteiger partial charge in [-0.2, -0.15) is 13.2 Å². The van der Waals surface area contributed by atoms with E-state index in [4.69, 9.17) is 27.6 Å². The van der Waals surface area contributed by atoms with Gasteiger partial charge in [-0.15, -0.1) is 0 Å². The number of hydrogen-bond acceptors (Lipinski definition) is 4. The molecule has 8 nitrogen and oxygen atoms in total. The van der Waals surface area contributed by atoms with E-state index in [0.29, 0.717) is 6.07 Å². The van der Waals surface area contributed by atoms with Crippen molar-refractivity contribution in [3.05, 3.63) is 45.6 Å². The smallest absolute Gasteiger partial charge is 0.444 e. The molecule has 0 unspecified atom stereocenters. The molecule has 178 valence electrons. The fraction of sp³-hybridized carbons (Fsp3) is 0.316. The summed E-state index contributed by atoms with van der Waals surface area (Å²) < 4.78 is 57.9. The van der Waals surface area contributed by atoms with Crippen molar-refractivity contribution in [1.82, 2.24) is 10.2 Å². The number of furan rings is 1. The molecule has 0 saturated carbocycles. The van der Waals surface area contributed by atoms with E-state index >= 15 is 0 Å². The van der Waals surface area contributed by atoms with Crippen LogP contribution in [0.1, 0.15) is 30.2 Å². The lowest BCUT2D eigenvalue weighted by molar-refractivity contribution is -0.153. The highest BCUT2D eigenvalue weighted by molar-refractivity contribution is 6.44. The van der Waals surface area contributed by atoms with Gasteiger partial charge in [0, 0.05) is 19.2 Å². The van der Waals surface area contributed by atoms with Crippen molar-refractivity contribution in [3.63, 3.8) is 0 Å². The van der Waals surface area contributed by atoms with Gasteiger partial charge in [-0.05, 0) is 26.0 Å². The Bertz CT molecular complexity index is 1130. The van der Waals surface area contributed by atoms with Crippen molar-refractivity contribution in [3.8, 4) is 0 Å². The maximum absolute atomic E-state index is 13.4. The standard InChI is InChI=1S/C19H16Cl2F4N4O4/c1-18(2)16(31)26-5-6-29(18)15(30)14-10(7-11(33-14)19(23,24)25)28-17(32)27-9-4-3-8(22)12(20)13(9)21/h3-4,7H,5-6H2,1-2H3,(H,26,31)(H2,27,28,32). The molecular weight excluding hydrogens is 495 g/mol. The Labute approximate surface area is 194 Å². The second-order valence-corrected chi connectivity index (χ2v) is 8.18. The lowest BCUT2D eigenvalue weighted by Crippen LogP contribution is -2.63. The minimum Gasteiger partial charge on any atom is -0.444 e. The molecule has 1 aliphatic rings. The molecule has 4 amide bonds. The molecule has 3 N–H and O–H groups in total. The zero-order valence-electron chi connectivity index (χ0n) is 17.0. The highest BCUT2D eigenvalue weighted by Crippen LogP contribution is 2.37. The van der Waals surface area contributed by atoms with Crippen molar-refractivity contribution < 1.29 is 36.4 Å². The molecule has 33 heavy (non-hydrogen) atoms. The number of piperazine rings is 1. The monoisotopic (exact) mass is 510 g/mol. The number of benzene rings is 1. The number of alkyl halides is 3. The van der Waals surface area contributed by atoms with Crippen LogP contribution in [0.3, 0.4) is 0 Å². The van der Waals surface area contributed by atoms with E-state index in [9.17, 15) is 31.9 Å². The van der Waals surface area contributed by atoms with Gasteiger partial charge in [0.15, 0.2) is 0 Å². The first kappa shape index (κ1) is 24.6. The highest BCUT2D eigenvalue weighted by atomic mass is 35.5. The number of urea groups is 1. The average molecular weight is 511 g/mol. The maximum Gasteiger partial charge on any atom is 0.449 e. The second kappa shape index (κ2) is 8.75. The van der Waals surface area contributed by atoms with E-state index in [2.05, 4.69) is 16.0 Å². The Morgan fingerprint density at radius 1 is 1.15 bits per heavy atom.